The van der Waals surface area contributed by atoms with Crippen LogP contribution in [0.2, 0.25) is 0 Å². The van der Waals surface area contributed by atoms with Gasteiger partial charge in [0.05, 0.1) is 17.8 Å². The van der Waals surface area contributed by atoms with Crippen molar-refractivity contribution in [3.05, 3.63) is 41.8 Å². The Morgan fingerprint density at radius 3 is 2.94 bits per heavy atom. The molecule has 0 radical (unpaired) electrons. The standard InChI is InChI=1S/C25H33FN6O/c1-4-13-28-23-19(16-29-25(32-23)31-22-10-6-8-20(26)15-22)12-11-18-7-5-9-21(14-18)30-24(33)17(2)27-3/h6,8,10,15-18,21,27H,4-5,7,9,13-14H2,1-3H3,(H,30,33)(H2,28,29,31,32)/t17?,18-,21-/m1/s1. The number of likely N-dealkylation sites (N-methyl/N-ethyl adjacent to an activating group) is 1. The number of amides is 1. The lowest BCUT2D eigenvalue weighted by atomic mass is 9.86. The maximum atomic E-state index is 13.5. The molecule has 1 aromatic heterocycles. The smallest absolute Gasteiger partial charge is 0.237 e. The lowest BCUT2D eigenvalue weighted by Gasteiger charge is -2.28. The predicted octanol–water partition coefficient (Wildman–Crippen LogP) is 3.82. The van der Waals surface area contributed by atoms with Gasteiger partial charge in [0, 0.05) is 24.2 Å². The first kappa shape index (κ1) is 24.5. The molecule has 3 rings (SSSR count). The van der Waals surface area contributed by atoms with E-state index in [-0.39, 0.29) is 29.7 Å². The summed E-state index contributed by atoms with van der Waals surface area (Å²) in [4.78, 5) is 21.1. The van der Waals surface area contributed by atoms with Crippen LogP contribution in [0.1, 0.15) is 51.5 Å². The molecule has 1 unspecified atom stereocenters. The quantitative estimate of drug-likeness (QED) is 0.455. The molecule has 1 fully saturated rings. The third-order valence-electron chi connectivity index (χ3n) is 5.67. The summed E-state index contributed by atoms with van der Waals surface area (Å²) in [7, 11) is 1.78. The number of hydrogen-bond acceptors (Lipinski definition) is 6. The number of rotatable bonds is 8. The molecule has 1 aliphatic carbocycles. The van der Waals surface area contributed by atoms with Crippen LogP contribution in [0.25, 0.3) is 0 Å². The summed E-state index contributed by atoms with van der Waals surface area (Å²) in [5, 5.41) is 12.5. The zero-order valence-corrected chi connectivity index (χ0v) is 19.5. The number of benzene rings is 1. The molecule has 1 saturated carbocycles. The average molecular weight is 453 g/mol. The lowest BCUT2D eigenvalue weighted by Crippen LogP contribution is -2.46. The number of hydrogen-bond donors (Lipinski definition) is 4. The molecule has 0 saturated heterocycles. The molecule has 1 amide bonds. The van der Waals surface area contributed by atoms with Crippen molar-refractivity contribution in [2.75, 3.05) is 24.2 Å². The Kier molecular flexibility index (Phi) is 9.02. The molecular weight excluding hydrogens is 419 g/mol. The highest BCUT2D eigenvalue weighted by Gasteiger charge is 2.23. The highest BCUT2D eigenvalue weighted by Crippen LogP contribution is 2.24. The van der Waals surface area contributed by atoms with Crippen molar-refractivity contribution < 1.29 is 9.18 Å². The van der Waals surface area contributed by atoms with Crippen LogP contribution in [-0.2, 0) is 4.79 Å². The Balaban J connectivity index is 1.71. The van der Waals surface area contributed by atoms with Gasteiger partial charge in [-0.3, -0.25) is 4.79 Å². The zero-order valence-electron chi connectivity index (χ0n) is 19.5. The van der Waals surface area contributed by atoms with E-state index < -0.39 is 0 Å². The molecule has 1 aliphatic rings. The van der Waals surface area contributed by atoms with E-state index in [1.807, 2.05) is 6.92 Å². The van der Waals surface area contributed by atoms with Crippen LogP contribution >= 0.6 is 0 Å². The Bertz CT molecular complexity index is 1000. The van der Waals surface area contributed by atoms with Crippen molar-refractivity contribution in [2.45, 2.75) is 58.0 Å². The molecular formula is C25H33FN6O. The molecule has 3 atom stereocenters. The normalized spacial score (nSPS) is 18.5. The molecule has 176 valence electrons. The average Bonchev–Trinajstić information content (AvgIpc) is 2.81. The second kappa shape index (κ2) is 12.2. The van der Waals surface area contributed by atoms with Crippen molar-refractivity contribution >= 4 is 23.4 Å². The first-order chi connectivity index (χ1) is 16.0. The number of anilines is 3. The van der Waals surface area contributed by atoms with E-state index >= 15 is 0 Å². The lowest BCUT2D eigenvalue weighted by molar-refractivity contribution is -0.123. The van der Waals surface area contributed by atoms with Crippen LogP contribution < -0.4 is 21.3 Å². The maximum absolute atomic E-state index is 13.5. The summed E-state index contributed by atoms with van der Waals surface area (Å²) in [5.41, 5.74) is 1.31. The summed E-state index contributed by atoms with van der Waals surface area (Å²) < 4.78 is 13.5. The fourth-order valence-corrected chi connectivity index (χ4v) is 3.70. The minimum absolute atomic E-state index is 0.0250. The molecule has 33 heavy (non-hydrogen) atoms. The van der Waals surface area contributed by atoms with Gasteiger partial charge in [-0.1, -0.05) is 31.3 Å². The van der Waals surface area contributed by atoms with Crippen LogP contribution in [0.4, 0.5) is 21.8 Å². The van der Waals surface area contributed by atoms with E-state index in [4.69, 9.17) is 0 Å². The monoisotopic (exact) mass is 452 g/mol. The Labute approximate surface area is 195 Å². The Hall–Kier alpha value is -3.18. The fourth-order valence-electron chi connectivity index (χ4n) is 3.70. The summed E-state index contributed by atoms with van der Waals surface area (Å²) in [6, 6.07) is 6.11. The highest BCUT2D eigenvalue weighted by molar-refractivity contribution is 5.81. The van der Waals surface area contributed by atoms with Crippen LogP contribution in [0.15, 0.2) is 30.5 Å². The minimum Gasteiger partial charge on any atom is -0.369 e. The molecule has 0 spiro atoms. The number of carbonyl (C=O) groups is 1. The van der Waals surface area contributed by atoms with E-state index in [0.717, 1.165) is 44.2 Å². The summed E-state index contributed by atoms with van der Waals surface area (Å²) >= 11 is 0. The molecule has 1 heterocycles. The topological polar surface area (TPSA) is 91.0 Å². The number of nitrogens with one attached hydrogen (secondary N) is 4. The van der Waals surface area contributed by atoms with Gasteiger partial charge >= 0.3 is 0 Å². The van der Waals surface area contributed by atoms with Crippen molar-refractivity contribution in [1.82, 2.24) is 20.6 Å². The summed E-state index contributed by atoms with van der Waals surface area (Å²) in [5.74, 6) is 7.56. The van der Waals surface area contributed by atoms with Crippen molar-refractivity contribution in [2.24, 2.45) is 5.92 Å². The Morgan fingerprint density at radius 1 is 1.33 bits per heavy atom. The first-order valence-electron chi connectivity index (χ1n) is 11.6. The maximum Gasteiger partial charge on any atom is 0.237 e. The predicted molar refractivity (Wildman–Crippen MR) is 130 cm³/mol. The van der Waals surface area contributed by atoms with E-state index in [1.54, 1.807) is 25.4 Å². The molecule has 1 aromatic carbocycles. The van der Waals surface area contributed by atoms with Crippen LogP contribution in [-0.4, -0.2) is 41.6 Å². The van der Waals surface area contributed by atoms with Gasteiger partial charge in [-0.2, -0.15) is 4.98 Å². The molecule has 2 aromatic rings. The van der Waals surface area contributed by atoms with Gasteiger partial charge in [0.25, 0.3) is 0 Å². The number of nitrogens with zero attached hydrogens (tertiary/aromatic N) is 2. The van der Waals surface area contributed by atoms with Gasteiger partial charge in [0.1, 0.15) is 11.6 Å². The van der Waals surface area contributed by atoms with E-state index in [1.165, 1.54) is 12.1 Å². The number of halogens is 1. The van der Waals surface area contributed by atoms with Gasteiger partial charge in [-0.15, -0.1) is 0 Å². The van der Waals surface area contributed by atoms with Crippen molar-refractivity contribution in [3.63, 3.8) is 0 Å². The second-order valence-corrected chi connectivity index (χ2v) is 8.37. The summed E-state index contributed by atoms with van der Waals surface area (Å²) in [6.45, 7) is 4.69. The minimum atomic E-state index is -0.325. The largest absolute Gasteiger partial charge is 0.369 e. The van der Waals surface area contributed by atoms with Gasteiger partial charge in [0.2, 0.25) is 11.9 Å². The van der Waals surface area contributed by atoms with E-state index in [0.29, 0.717) is 17.5 Å². The first-order valence-corrected chi connectivity index (χ1v) is 11.6. The highest BCUT2D eigenvalue weighted by atomic mass is 19.1. The zero-order chi connectivity index (χ0) is 23.6. The fraction of sp³-hybridized carbons (Fsp3) is 0.480. The molecule has 7 nitrogen and oxygen atoms in total. The van der Waals surface area contributed by atoms with Crippen molar-refractivity contribution in [3.8, 4) is 11.8 Å². The van der Waals surface area contributed by atoms with Crippen LogP contribution in [0, 0.1) is 23.6 Å². The van der Waals surface area contributed by atoms with E-state index in [9.17, 15) is 9.18 Å². The number of aromatic nitrogens is 2. The van der Waals surface area contributed by atoms with Gasteiger partial charge in [-0.25, -0.2) is 9.37 Å². The molecule has 0 aliphatic heterocycles. The van der Waals surface area contributed by atoms with Gasteiger partial charge < -0.3 is 21.3 Å². The van der Waals surface area contributed by atoms with Crippen LogP contribution in [0.5, 0.6) is 0 Å². The van der Waals surface area contributed by atoms with Crippen LogP contribution in [0.3, 0.4) is 0 Å². The molecule has 4 N–H and O–H groups in total. The third kappa shape index (κ3) is 7.43. The van der Waals surface area contributed by atoms with Gasteiger partial charge in [-0.05, 0) is 57.9 Å². The second-order valence-electron chi connectivity index (χ2n) is 8.37. The number of carbonyl (C=O) groups excluding carboxylic acids is 1. The third-order valence-corrected chi connectivity index (χ3v) is 5.67. The molecule has 8 heteroatoms. The van der Waals surface area contributed by atoms with Crippen molar-refractivity contribution in [1.29, 1.82) is 0 Å². The SMILES string of the molecule is CCCNc1nc(Nc2cccc(F)c2)ncc1C#C[C@H]1CCC[C@@H](NC(=O)C(C)NC)C1. The molecule has 0 bridgehead atoms. The Morgan fingerprint density at radius 2 is 2.18 bits per heavy atom. The summed E-state index contributed by atoms with van der Waals surface area (Å²) in [6.07, 6.45) is 6.50. The van der Waals surface area contributed by atoms with Gasteiger partial charge in [0.15, 0.2) is 0 Å². The van der Waals surface area contributed by atoms with E-state index in [2.05, 4.69) is 50.0 Å².